The van der Waals surface area contributed by atoms with Crippen LogP contribution in [-0.4, -0.2) is 42.0 Å². The first kappa shape index (κ1) is 20.9. The van der Waals surface area contributed by atoms with E-state index in [1.54, 1.807) is 24.3 Å². The Morgan fingerprint density at radius 3 is 2.71 bits per heavy atom. The third kappa shape index (κ3) is 5.53. The summed E-state index contributed by atoms with van der Waals surface area (Å²) in [4.78, 5) is 24.6. The van der Waals surface area contributed by atoms with Crippen LogP contribution in [-0.2, 0) is 9.53 Å². The molecule has 0 amide bonds. The number of rotatable bonds is 9. The lowest BCUT2D eigenvalue weighted by Crippen LogP contribution is -2.28. The summed E-state index contributed by atoms with van der Waals surface area (Å²) in [5.41, 5.74) is 0.286. The number of nitro benzene ring substituents is 1. The van der Waals surface area contributed by atoms with Crippen molar-refractivity contribution in [2.24, 2.45) is 0 Å². The van der Waals surface area contributed by atoms with Crippen molar-refractivity contribution in [3.05, 3.63) is 57.8 Å². The summed E-state index contributed by atoms with van der Waals surface area (Å²) < 4.78 is 10.7. The first-order chi connectivity index (χ1) is 13.5. The monoisotopic (exact) mass is 383 g/mol. The number of non-ortho nitro benzene ring substituents is 1. The smallest absolute Gasteiger partial charge is 0.349 e. The van der Waals surface area contributed by atoms with Crippen molar-refractivity contribution >= 4 is 17.7 Å². The van der Waals surface area contributed by atoms with Crippen molar-refractivity contribution in [3.63, 3.8) is 0 Å². The van der Waals surface area contributed by atoms with E-state index in [0.717, 1.165) is 13.1 Å². The Hall–Kier alpha value is -3.44. The highest BCUT2D eigenvalue weighted by Crippen LogP contribution is 2.26. The van der Waals surface area contributed by atoms with Crippen LogP contribution in [0.4, 0.5) is 5.69 Å². The van der Waals surface area contributed by atoms with Gasteiger partial charge in [0.15, 0.2) is 0 Å². The maximum atomic E-state index is 12.1. The molecule has 0 atom stereocenters. The van der Waals surface area contributed by atoms with Gasteiger partial charge in [-0.2, -0.15) is 5.26 Å². The van der Waals surface area contributed by atoms with E-state index in [9.17, 15) is 20.2 Å². The molecule has 0 N–H and O–H groups in total. The fourth-order valence-corrected chi connectivity index (χ4v) is 2.52. The Kier molecular flexibility index (Phi) is 7.48. The second-order valence-corrected chi connectivity index (χ2v) is 5.84. The van der Waals surface area contributed by atoms with Gasteiger partial charge in [0.2, 0.25) is 0 Å². The third-order valence-electron chi connectivity index (χ3n) is 4.13. The highest BCUT2D eigenvalue weighted by Gasteiger charge is 2.14. The maximum Gasteiger partial charge on any atom is 0.349 e. The number of hydrogen-bond donors (Lipinski definition) is 0. The summed E-state index contributed by atoms with van der Waals surface area (Å²) in [7, 11) is 0. The van der Waals surface area contributed by atoms with Gasteiger partial charge in [-0.25, -0.2) is 4.79 Å². The van der Waals surface area contributed by atoms with Gasteiger partial charge in [0.1, 0.15) is 29.8 Å². The molecule has 1 aromatic carbocycles. The number of nitrogens with zero attached hydrogens (tertiary/aromatic N) is 3. The van der Waals surface area contributed by atoms with Gasteiger partial charge in [0, 0.05) is 30.3 Å². The quantitative estimate of drug-likeness (QED) is 0.214. The predicted molar refractivity (Wildman–Crippen MR) is 103 cm³/mol. The molecule has 146 valence electrons. The van der Waals surface area contributed by atoms with Crippen molar-refractivity contribution < 1.29 is 18.9 Å². The first-order valence-electron chi connectivity index (χ1n) is 8.84. The lowest BCUT2D eigenvalue weighted by Gasteiger charge is -2.17. The topological polar surface area (TPSA) is 110 Å². The van der Waals surface area contributed by atoms with E-state index in [4.69, 9.17) is 9.15 Å². The van der Waals surface area contributed by atoms with Crippen molar-refractivity contribution in [1.29, 1.82) is 5.26 Å². The van der Waals surface area contributed by atoms with Crippen molar-refractivity contribution in [3.8, 4) is 17.4 Å². The molecule has 0 bridgehead atoms. The second kappa shape index (κ2) is 10.0. The Balaban J connectivity index is 2.09. The number of likely N-dealkylation sites (N-methyl/N-ethyl adjacent to an activating group) is 1. The van der Waals surface area contributed by atoms with E-state index in [2.05, 4.69) is 4.90 Å². The molecule has 0 saturated heterocycles. The molecule has 1 heterocycles. The second-order valence-electron chi connectivity index (χ2n) is 5.84. The fourth-order valence-electron chi connectivity index (χ4n) is 2.52. The molecule has 8 nitrogen and oxygen atoms in total. The third-order valence-corrected chi connectivity index (χ3v) is 4.13. The van der Waals surface area contributed by atoms with Crippen LogP contribution in [0.3, 0.4) is 0 Å². The number of carbonyl (C=O) groups excluding carboxylic acids is 1. The number of nitriles is 1. The van der Waals surface area contributed by atoms with Crippen LogP contribution in [0.25, 0.3) is 17.4 Å². The minimum absolute atomic E-state index is 0.0551. The molecule has 28 heavy (non-hydrogen) atoms. The molecule has 0 saturated carbocycles. The molecule has 0 aliphatic carbocycles. The van der Waals surface area contributed by atoms with E-state index >= 15 is 0 Å². The Labute approximate surface area is 162 Å². The van der Waals surface area contributed by atoms with Crippen LogP contribution in [0.15, 0.2) is 46.4 Å². The molecular formula is C20H21N3O5. The molecule has 0 aliphatic heterocycles. The number of benzene rings is 1. The largest absolute Gasteiger partial charge is 0.460 e. The number of esters is 1. The van der Waals surface area contributed by atoms with Crippen molar-refractivity contribution in [1.82, 2.24) is 4.90 Å². The zero-order valence-electron chi connectivity index (χ0n) is 15.8. The van der Waals surface area contributed by atoms with Gasteiger partial charge in [0.05, 0.1) is 4.92 Å². The lowest BCUT2D eigenvalue weighted by atomic mass is 10.1. The summed E-state index contributed by atoms with van der Waals surface area (Å²) in [5, 5.41) is 20.1. The minimum atomic E-state index is -0.719. The van der Waals surface area contributed by atoms with Crippen LogP contribution in [0.5, 0.6) is 0 Å². The van der Waals surface area contributed by atoms with Crippen LogP contribution < -0.4 is 0 Å². The van der Waals surface area contributed by atoms with E-state index in [-0.39, 0.29) is 23.6 Å². The van der Waals surface area contributed by atoms with E-state index in [1.165, 1.54) is 18.2 Å². The molecule has 0 fully saturated rings. The van der Waals surface area contributed by atoms with Gasteiger partial charge >= 0.3 is 5.97 Å². The number of nitro groups is 1. The minimum Gasteiger partial charge on any atom is -0.460 e. The van der Waals surface area contributed by atoms with Crippen molar-refractivity contribution in [2.45, 2.75) is 13.8 Å². The van der Waals surface area contributed by atoms with Crippen LogP contribution in [0.2, 0.25) is 0 Å². The van der Waals surface area contributed by atoms with Crippen molar-refractivity contribution in [2.75, 3.05) is 26.2 Å². The predicted octanol–water partition coefficient (Wildman–Crippen LogP) is 3.65. The maximum absolute atomic E-state index is 12.1. The van der Waals surface area contributed by atoms with Crippen LogP contribution in [0, 0.1) is 21.4 Å². The van der Waals surface area contributed by atoms with E-state index in [1.807, 2.05) is 19.9 Å². The molecule has 0 radical (unpaired) electrons. The summed E-state index contributed by atoms with van der Waals surface area (Å²) >= 11 is 0. The molecular weight excluding hydrogens is 362 g/mol. The highest BCUT2D eigenvalue weighted by molar-refractivity contribution is 5.97. The summed E-state index contributed by atoms with van der Waals surface area (Å²) in [6, 6.07) is 11.0. The van der Waals surface area contributed by atoms with Gasteiger partial charge in [-0.3, -0.25) is 10.1 Å². The Morgan fingerprint density at radius 1 is 1.32 bits per heavy atom. The summed E-state index contributed by atoms with van der Waals surface area (Å²) in [6.07, 6.45) is 1.29. The molecule has 0 aliphatic rings. The number of ether oxygens (including phenoxy) is 1. The Bertz CT molecular complexity index is 907. The van der Waals surface area contributed by atoms with Crippen LogP contribution >= 0.6 is 0 Å². The number of hydrogen-bond acceptors (Lipinski definition) is 7. The normalized spacial score (nSPS) is 11.3. The highest BCUT2D eigenvalue weighted by atomic mass is 16.6. The van der Waals surface area contributed by atoms with Gasteiger partial charge in [-0.1, -0.05) is 26.0 Å². The number of furan rings is 1. The zero-order valence-corrected chi connectivity index (χ0v) is 15.8. The average Bonchev–Trinajstić information content (AvgIpc) is 3.18. The molecule has 8 heteroatoms. The summed E-state index contributed by atoms with van der Waals surface area (Å²) in [6.45, 7) is 6.51. The average molecular weight is 383 g/mol. The number of carbonyl (C=O) groups is 1. The van der Waals surface area contributed by atoms with Crippen LogP contribution in [0.1, 0.15) is 19.6 Å². The van der Waals surface area contributed by atoms with Gasteiger partial charge < -0.3 is 14.1 Å². The molecule has 0 spiro atoms. The standard InChI is InChI=1S/C20H21N3O5/c1-3-22(4-2)10-11-27-20(24)16(14-21)13-18-8-9-19(28-18)15-6-5-7-17(12-15)23(25)26/h5-9,12-13H,3-4,10-11H2,1-2H3/b16-13+. The molecule has 1 aromatic heterocycles. The molecule has 2 rings (SSSR count). The van der Waals surface area contributed by atoms with Gasteiger partial charge in [-0.05, 0) is 25.2 Å². The zero-order chi connectivity index (χ0) is 20.5. The SMILES string of the molecule is CCN(CC)CCOC(=O)/C(C#N)=C/c1ccc(-c2cccc([N+](=O)[O-])c2)o1. The fraction of sp³-hybridized carbons (Fsp3) is 0.300. The lowest BCUT2D eigenvalue weighted by molar-refractivity contribution is -0.384. The Morgan fingerprint density at radius 2 is 2.07 bits per heavy atom. The van der Waals surface area contributed by atoms with Gasteiger partial charge in [0.25, 0.3) is 5.69 Å². The molecule has 2 aromatic rings. The van der Waals surface area contributed by atoms with E-state index < -0.39 is 10.9 Å². The first-order valence-corrected chi connectivity index (χ1v) is 8.84. The summed E-state index contributed by atoms with van der Waals surface area (Å²) in [5.74, 6) is -0.0520. The molecule has 0 unspecified atom stereocenters. The van der Waals surface area contributed by atoms with Gasteiger partial charge in [-0.15, -0.1) is 0 Å². The van der Waals surface area contributed by atoms with E-state index in [0.29, 0.717) is 17.9 Å².